The number of carboxylic acid groups (broad SMARTS) is 1. The summed E-state index contributed by atoms with van der Waals surface area (Å²) in [6, 6.07) is 0. The zero-order chi connectivity index (χ0) is 12.5. The lowest BCUT2D eigenvalue weighted by Gasteiger charge is -2.26. The minimum atomic E-state index is -0.629. The number of carbonyl (C=O) groups is 1. The van der Waals surface area contributed by atoms with Crippen LogP contribution in [0, 0.1) is 11.8 Å². The van der Waals surface area contributed by atoms with Gasteiger partial charge < -0.3 is 5.11 Å². The van der Waals surface area contributed by atoms with Crippen molar-refractivity contribution in [2.24, 2.45) is 11.8 Å². The van der Waals surface area contributed by atoms with Gasteiger partial charge in [0.1, 0.15) is 0 Å². The van der Waals surface area contributed by atoms with Crippen molar-refractivity contribution in [3.63, 3.8) is 0 Å². The second-order valence-corrected chi connectivity index (χ2v) is 5.68. The lowest BCUT2D eigenvalue weighted by atomic mass is 9.80. The molecule has 2 nitrogen and oxygen atoms in total. The highest BCUT2D eigenvalue weighted by molar-refractivity contribution is 5.66. The second-order valence-electron chi connectivity index (χ2n) is 5.68. The van der Waals surface area contributed by atoms with Gasteiger partial charge in [0.2, 0.25) is 0 Å². The first-order chi connectivity index (χ1) is 8.22. The fourth-order valence-electron chi connectivity index (χ4n) is 3.09. The summed E-state index contributed by atoms with van der Waals surface area (Å²) in [4.78, 5) is 10.7. The number of unbranched alkanes of at least 4 members (excludes halogenated alkanes) is 1. The van der Waals surface area contributed by atoms with Gasteiger partial charge in [-0.3, -0.25) is 4.79 Å². The number of aliphatic carboxylic acids is 1. The molecular weight excluding hydrogens is 212 g/mol. The van der Waals surface area contributed by atoms with Crippen molar-refractivity contribution in [1.29, 1.82) is 0 Å². The molecule has 1 aliphatic rings. The van der Waals surface area contributed by atoms with E-state index in [0.717, 1.165) is 12.3 Å². The molecule has 2 heteroatoms. The number of hydrogen-bond donors (Lipinski definition) is 1. The molecule has 0 saturated heterocycles. The van der Waals surface area contributed by atoms with Crippen LogP contribution in [0.3, 0.4) is 0 Å². The highest BCUT2D eigenvalue weighted by atomic mass is 16.4. The first-order valence-corrected chi connectivity index (χ1v) is 7.44. The number of hydrogen-bond acceptors (Lipinski definition) is 1. The van der Waals surface area contributed by atoms with Crippen molar-refractivity contribution in [2.45, 2.75) is 77.6 Å². The van der Waals surface area contributed by atoms with Crippen molar-refractivity contribution in [1.82, 2.24) is 0 Å². The average molecular weight is 240 g/mol. The summed E-state index contributed by atoms with van der Waals surface area (Å²) in [5.74, 6) is 0.920. The molecule has 1 atom stereocenters. The third kappa shape index (κ3) is 6.70. The fraction of sp³-hybridized carbons (Fsp3) is 0.933. The van der Waals surface area contributed by atoms with Gasteiger partial charge >= 0.3 is 5.97 Å². The zero-order valence-corrected chi connectivity index (χ0v) is 11.3. The van der Waals surface area contributed by atoms with E-state index in [1.54, 1.807) is 0 Å². The summed E-state index contributed by atoms with van der Waals surface area (Å²) in [5.41, 5.74) is 0. The minimum absolute atomic E-state index is 0.362. The Balaban J connectivity index is 2.29. The van der Waals surface area contributed by atoms with E-state index in [4.69, 9.17) is 5.11 Å². The van der Waals surface area contributed by atoms with Gasteiger partial charge in [0.15, 0.2) is 0 Å². The maximum atomic E-state index is 10.7. The molecule has 0 aliphatic heterocycles. The van der Waals surface area contributed by atoms with Gasteiger partial charge in [0.05, 0.1) is 0 Å². The fourth-order valence-corrected chi connectivity index (χ4v) is 3.09. The lowest BCUT2D eigenvalue weighted by molar-refractivity contribution is -0.137. The molecule has 1 fully saturated rings. The first-order valence-electron chi connectivity index (χ1n) is 7.44. The van der Waals surface area contributed by atoms with Crippen molar-refractivity contribution >= 4 is 5.97 Å². The van der Waals surface area contributed by atoms with Crippen LogP contribution in [0.5, 0.6) is 0 Å². The van der Waals surface area contributed by atoms with Gasteiger partial charge in [0, 0.05) is 6.42 Å². The van der Waals surface area contributed by atoms with Crippen molar-refractivity contribution < 1.29 is 9.90 Å². The van der Waals surface area contributed by atoms with Gasteiger partial charge in [-0.1, -0.05) is 58.3 Å². The normalized spacial score (nSPS) is 19.1. The van der Waals surface area contributed by atoms with Gasteiger partial charge in [-0.15, -0.1) is 0 Å². The van der Waals surface area contributed by atoms with E-state index < -0.39 is 5.97 Å². The van der Waals surface area contributed by atoms with E-state index in [2.05, 4.69) is 6.92 Å². The van der Waals surface area contributed by atoms with Crippen LogP contribution in [0.15, 0.2) is 0 Å². The van der Waals surface area contributed by atoms with Gasteiger partial charge in [0.25, 0.3) is 0 Å². The summed E-state index contributed by atoms with van der Waals surface area (Å²) in [7, 11) is 0. The molecule has 17 heavy (non-hydrogen) atoms. The largest absolute Gasteiger partial charge is 0.481 e. The smallest absolute Gasteiger partial charge is 0.303 e. The standard InChI is InChI=1S/C15H28O2/c1-2-3-7-14(10-11-15(16)17)12-13-8-5-4-6-9-13/h13-14H,2-12H2,1H3,(H,16,17). The summed E-state index contributed by atoms with van der Waals surface area (Å²) in [6.45, 7) is 2.22. The van der Waals surface area contributed by atoms with Gasteiger partial charge in [-0.2, -0.15) is 0 Å². The summed E-state index contributed by atoms with van der Waals surface area (Å²) in [5, 5.41) is 8.79. The van der Waals surface area contributed by atoms with E-state index in [1.807, 2.05) is 0 Å². The Morgan fingerprint density at radius 2 is 1.94 bits per heavy atom. The SMILES string of the molecule is CCCCC(CCC(=O)O)CC1CCCCC1. The molecule has 0 aromatic rings. The molecule has 0 heterocycles. The molecule has 0 aromatic heterocycles. The molecule has 1 N–H and O–H groups in total. The maximum absolute atomic E-state index is 10.7. The summed E-state index contributed by atoms with van der Waals surface area (Å²) >= 11 is 0. The van der Waals surface area contributed by atoms with Crippen LogP contribution < -0.4 is 0 Å². The molecule has 1 saturated carbocycles. The highest BCUT2D eigenvalue weighted by Crippen LogP contribution is 2.32. The summed E-state index contributed by atoms with van der Waals surface area (Å²) in [6.07, 6.45) is 13.2. The van der Waals surface area contributed by atoms with Crippen LogP contribution in [-0.2, 0) is 4.79 Å². The van der Waals surface area contributed by atoms with Gasteiger partial charge in [-0.05, 0) is 24.7 Å². The third-order valence-electron chi connectivity index (χ3n) is 4.12. The van der Waals surface area contributed by atoms with E-state index >= 15 is 0 Å². The molecule has 0 bridgehead atoms. The molecule has 0 amide bonds. The Hall–Kier alpha value is -0.530. The zero-order valence-electron chi connectivity index (χ0n) is 11.3. The van der Waals surface area contributed by atoms with Crippen molar-refractivity contribution in [2.75, 3.05) is 0 Å². The molecule has 0 radical (unpaired) electrons. The molecule has 1 unspecified atom stereocenters. The maximum Gasteiger partial charge on any atom is 0.303 e. The Morgan fingerprint density at radius 3 is 2.53 bits per heavy atom. The lowest BCUT2D eigenvalue weighted by Crippen LogP contribution is -2.13. The molecule has 0 spiro atoms. The van der Waals surface area contributed by atoms with Crippen LogP contribution in [0.4, 0.5) is 0 Å². The van der Waals surface area contributed by atoms with Crippen LogP contribution in [-0.4, -0.2) is 11.1 Å². The Kier molecular flexibility index (Phi) is 7.30. The molecule has 1 rings (SSSR count). The molecule has 1 aliphatic carbocycles. The first kappa shape index (κ1) is 14.5. The quantitative estimate of drug-likeness (QED) is 0.671. The molecular formula is C15H28O2. The van der Waals surface area contributed by atoms with E-state index in [-0.39, 0.29) is 0 Å². The Morgan fingerprint density at radius 1 is 1.24 bits per heavy atom. The summed E-state index contributed by atoms with van der Waals surface area (Å²) < 4.78 is 0. The van der Waals surface area contributed by atoms with E-state index in [0.29, 0.717) is 12.3 Å². The van der Waals surface area contributed by atoms with Gasteiger partial charge in [-0.25, -0.2) is 0 Å². The van der Waals surface area contributed by atoms with Crippen LogP contribution in [0.2, 0.25) is 0 Å². The Labute approximate surface area is 106 Å². The molecule has 100 valence electrons. The number of carboxylic acids is 1. The third-order valence-corrected chi connectivity index (χ3v) is 4.12. The average Bonchev–Trinajstić information content (AvgIpc) is 2.34. The topological polar surface area (TPSA) is 37.3 Å². The van der Waals surface area contributed by atoms with Crippen molar-refractivity contribution in [3.8, 4) is 0 Å². The van der Waals surface area contributed by atoms with Crippen molar-refractivity contribution in [3.05, 3.63) is 0 Å². The second kappa shape index (κ2) is 8.54. The highest BCUT2D eigenvalue weighted by Gasteiger charge is 2.19. The number of rotatable bonds is 8. The monoisotopic (exact) mass is 240 g/mol. The Bertz CT molecular complexity index is 207. The van der Waals surface area contributed by atoms with E-state index in [9.17, 15) is 4.79 Å². The van der Waals surface area contributed by atoms with Crippen LogP contribution in [0.25, 0.3) is 0 Å². The minimum Gasteiger partial charge on any atom is -0.481 e. The predicted molar refractivity (Wildman–Crippen MR) is 71.1 cm³/mol. The predicted octanol–water partition coefficient (Wildman–Crippen LogP) is 4.63. The van der Waals surface area contributed by atoms with Crippen LogP contribution >= 0.6 is 0 Å². The van der Waals surface area contributed by atoms with Crippen LogP contribution in [0.1, 0.15) is 77.6 Å². The molecule has 0 aromatic carbocycles. The van der Waals surface area contributed by atoms with E-state index in [1.165, 1.54) is 57.8 Å².